The van der Waals surface area contributed by atoms with Gasteiger partial charge in [0.05, 0.1) is 30.7 Å². The van der Waals surface area contributed by atoms with Gasteiger partial charge in [-0.3, -0.25) is 24.5 Å². The number of amides is 6. The first kappa shape index (κ1) is 45.0. The van der Waals surface area contributed by atoms with Gasteiger partial charge in [-0.2, -0.15) is 4.98 Å². The van der Waals surface area contributed by atoms with E-state index in [1.165, 1.54) is 16.7 Å². The average Bonchev–Trinajstić information content (AvgIpc) is 3.65. The summed E-state index contributed by atoms with van der Waals surface area (Å²) in [5, 5.41) is 15.8. The zero-order chi connectivity index (χ0) is 45.3. The largest absolute Gasteiger partial charge is 0.379 e. The number of nitrogens with two attached hydrogens (primary N) is 1. The SMILES string of the molecule is NC(=O)c1ccccc1Nc1nc(Nc2ccc(C3CCN(C(=O)NC4CCC(NCCOCCC#Cc5cccc6c5CN(C5CCC(=O)NC5=O)C6=O)CC4)CC3)cc2)ncc1Cl. The molecule has 7 N–H and O–H groups in total. The highest BCUT2D eigenvalue weighted by Gasteiger charge is 2.39. The Kier molecular flexibility index (Phi) is 14.5. The molecular weight excluding hydrogens is 848 g/mol. The highest BCUT2D eigenvalue weighted by Crippen LogP contribution is 2.32. The number of carbonyl (C=O) groups is 5. The lowest BCUT2D eigenvalue weighted by molar-refractivity contribution is -0.136. The summed E-state index contributed by atoms with van der Waals surface area (Å²) in [5.74, 6) is 5.87. The van der Waals surface area contributed by atoms with E-state index in [0.29, 0.717) is 91.3 Å². The number of primary amides is 1. The smallest absolute Gasteiger partial charge is 0.317 e. The number of anilines is 4. The van der Waals surface area contributed by atoms with Gasteiger partial charge >= 0.3 is 6.03 Å². The molecule has 2 saturated heterocycles. The van der Waals surface area contributed by atoms with Crippen molar-refractivity contribution < 1.29 is 28.7 Å². The quantitative estimate of drug-likeness (QED) is 0.0512. The van der Waals surface area contributed by atoms with E-state index in [-0.39, 0.29) is 30.3 Å². The fourth-order valence-corrected chi connectivity index (χ4v) is 9.10. The van der Waals surface area contributed by atoms with E-state index >= 15 is 0 Å². The number of imide groups is 1. The van der Waals surface area contributed by atoms with Gasteiger partial charge < -0.3 is 41.5 Å². The van der Waals surface area contributed by atoms with Crippen molar-refractivity contribution >= 4 is 64.4 Å². The number of para-hydroxylation sites is 1. The van der Waals surface area contributed by atoms with Crippen LogP contribution in [0, 0.1) is 11.8 Å². The number of halogens is 1. The van der Waals surface area contributed by atoms with Crippen molar-refractivity contribution in [2.45, 2.75) is 88.4 Å². The Hall–Kier alpha value is -6.54. The van der Waals surface area contributed by atoms with Crippen LogP contribution in [0.1, 0.15) is 101 Å². The molecule has 16 nitrogen and oxygen atoms in total. The van der Waals surface area contributed by atoms with Gasteiger partial charge in [-0.25, -0.2) is 9.78 Å². The maximum absolute atomic E-state index is 13.2. The van der Waals surface area contributed by atoms with Crippen LogP contribution in [-0.2, 0) is 20.9 Å². The van der Waals surface area contributed by atoms with Gasteiger partial charge in [0.1, 0.15) is 11.1 Å². The number of piperidine rings is 2. The Morgan fingerprint density at radius 1 is 0.892 bits per heavy atom. The molecule has 17 heteroatoms. The molecule has 4 aliphatic rings. The van der Waals surface area contributed by atoms with Crippen molar-refractivity contribution in [2.75, 3.05) is 43.5 Å². The Balaban J connectivity index is 0.694. The van der Waals surface area contributed by atoms with Gasteiger partial charge in [0.2, 0.25) is 17.8 Å². The molecule has 6 amide bonds. The molecular formula is C48H53ClN10O6. The summed E-state index contributed by atoms with van der Waals surface area (Å²) < 4.78 is 5.84. The van der Waals surface area contributed by atoms with Crippen LogP contribution in [0.25, 0.3) is 0 Å². The van der Waals surface area contributed by atoms with E-state index in [9.17, 15) is 24.0 Å². The van der Waals surface area contributed by atoms with Crippen LogP contribution in [-0.4, -0.2) is 100 Å². The lowest BCUT2D eigenvalue weighted by atomic mass is 9.89. The molecule has 1 aromatic heterocycles. The molecule has 3 fully saturated rings. The number of hydrogen-bond acceptors (Lipinski definition) is 11. The monoisotopic (exact) mass is 900 g/mol. The summed E-state index contributed by atoms with van der Waals surface area (Å²) >= 11 is 6.36. The Morgan fingerprint density at radius 2 is 1.66 bits per heavy atom. The van der Waals surface area contributed by atoms with Crippen LogP contribution in [0.5, 0.6) is 0 Å². The minimum Gasteiger partial charge on any atom is -0.379 e. The number of likely N-dealkylation sites (tertiary alicyclic amines) is 1. The lowest BCUT2D eigenvalue weighted by Gasteiger charge is -2.35. The first-order chi connectivity index (χ1) is 31.6. The standard InChI is InChI=1S/C48H53ClN10O6/c49-39-28-52-47(57-44(39)55-40-10-2-1-8-37(40)43(50)61)53-34-13-11-30(12-14-34)31-21-24-58(25-22-31)48(64)54-35-17-15-33(16-18-35)51-23-27-65-26-4-3-6-32-7-5-9-36-38(32)29-59(46(36)63)41-19-20-42(60)56-45(41)62/h1-2,5,7-14,28,31,33,35,41,51H,4,15-27,29H2,(H2,50,61)(H,54,64)(H,56,60,62)(H2,52,53,55,57). The zero-order valence-electron chi connectivity index (χ0n) is 36.0. The third kappa shape index (κ3) is 11.2. The highest BCUT2D eigenvalue weighted by atomic mass is 35.5. The first-order valence-corrected chi connectivity index (χ1v) is 22.6. The molecule has 1 saturated carbocycles. The number of nitrogens with one attached hydrogen (secondary N) is 5. The van der Waals surface area contributed by atoms with Crippen LogP contribution >= 0.6 is 11.6 Å². The van der Waals surface area contributed by atoms with Crippen LogP contribution in [0.3, 0.4) is 0 Å². The second-order valence-corrected chi connectivity index (χ2v) is 17.2. The van der Waals surface area contributed by atoms with Crippen molar-refractivity contribution in [2.24, 2.45) is 5.73 Å². The molecule has 1 atom stereocenters. The average molecular weight is 901 g/mol. The van der Waals surface area contributed by atoms with Crippen molar-refractivity contribution in [3.05, 3.63) is 106 Å². The van der Waals surface area contributed by atoms with Gasteiger partial charge in [-0.15, -0.1) is 0 Å². The van der Waals surface area contributed by atoms with E-state index in [4.69, 9.17) is 22.1 Å². The van der Waals surface area contributed by atoms with Crippen molar-refractivity contribution in [1.29, 1.82) is 0 Å². The molecule has 0 bridgehead atoms. The zero-order valence-corrected chi connectivity index (χ0v) is 36.8. The fourth-order valence-electron chi connectivity index (χ4n) is 8.96. The van der Waals surface area contributed by atoms with Crippen LogP contribution < -0.4 is 32.3 Å². The molecule has 3 aromatic carbocycles. The minimum atomic E-state index is -0.654. The van der Waals surface area contributed by atoms with E-state index in [1.54, 1.807) is 36.4 Å². The Labute approximate surface area is 382 Å². The minimum absolute atomic E-state index is 0.0187. The Bertz CT molecular complexity index is 2480. The van der Waals surface area contributed by atoms with Crippen molar-refractivity contribution in [3.63, 3.8) is 0 Å². The molecule has 8 rings (SSSR count). The highest BCUT2D eigenvalue weighted by molar-refractivity contribution is 6.33. The summed E-state index contributed by atoms with van der Waals surface area (Å²) in [4.78, 5) is 74.5. The molecule has 338 valence electrons. The molecule has 3 aliphatic heterocycles. The third-order valence-corrected chi connectivity index (χ3v) is 12.8. The van der Waals surface area contributed by atoms with E-state index in [0.717, 1.165) is 61.9 Å². The number of nitrogens with zero attached hydrogens (tertiary/aromatic N) is 4. The predicted octanol–water partition coefficient (Wildman–Crippen LogP) is 5.73. The molecule has 1 aliphatic carbocycles. The number of ether oxygens (including phenoxy) is 1. The van der Waals surface area contributed by atoms with Gasteiger partial charge in [0.25, 0.3) is 11.8 Å². The third-order valence-electron chi connectivity index (χ3n) is 12.5. The molecule has 65 heavy (non-hydrogen) atoms. The number of urea groups is 1. The maximum Gasteiger partial charge on any atom is 0.317 e. The van der Waals surface area contributed by atoms with Gasteiger partial charge in [0, 0.05) is 67.9 Å². The number of rotatable bonds is 14. The molecule has 1 unspecified atom stereocenters. The summed E-state index contributed by atoms with van der Waals surface area (Å²) in [5.41, 5.74) is 10.5. The molecule has 0 spiro atoms. The number of aromatic nitrogens is 2. The first-order valence-electron chi connectivity index (χ1n) is 22.3. The summed E-state index contributed by atoms with van der Waals surface area (Å²) in [6.07, 6.45) is 8.18. The second-order valence-electron chi connectivity index (χ2n) is 16.8. The van der Waals surface area contributed by atoms with E-state index < -0.39 is 17.9 Å². The van der Waals surface area contributed by atoms with Crippen molar-refractivity contribution in [3.8, 4) is 11.8 Å². The lowest BCUT2D eigenvalue weighted by Crippen LogP contribution is -2.52. The molecule has 4 heterocycles. The number of benzene rings is 3. The predicted molar refractivity (Wildman–Crippen MR) is 246 cm³/mol. The number of fused-ring (bicyclic) bond motifs is 1. The topological polar surface area (TPSA) is 213 Å². The van der Waals surface area contributed by atoms with Gasteiger partial charge in [-0.05, 0) is 98.4 Å². The van der Waals surface area contributed by atoms with Crippen LogP contribution in [0.2, 0.25) is 5.02 Å². The Morgan fingerprint density at radius 3 is 2.43 bits per heavy atom. The fraction of sp³-hybridized carbons (Fsp3) is 0.396. The van der Waals surface area contributed by atoms with Gasteiger partial charge in [0.15, 0.2) is 5.82 Å². The number of hydrogen-bond donors (Lipinski definition) is 6. The maximum atomic E-state index is 13.2. The summed E-state index contributed by atoms with van der Waals surface area (Å²) in [6, 6.07) is 20.4. The number of carbonyl (C=O) groups excluding carboxylic acids is 5. The molecule has 0 radical (unpaired) electrons. The molecule has 4 aromatic rings. The second kappa shape index (κ2) is 21.0. The summed E-state index contributed by atoms with van der Waals surface area (Å²) in [7, 11) is 0. The van der Waals surface area contributed by atoms with Crippen molar-refractivity contribution in [1.82, 2.24) is 35.7 Å². The van der Waals surface area contributed by atoms with Crippen LogP contribution in [0.4, 0.5) is 27.9 Å². The normalized spacial score (nSPS) is 19.8. The van der Waals surface area contributed by atoms with Crippen LogP contribution in [0.15, 0.2) is 72.9 Å². The van der Waals surface area contributed by atoms with E-state index in [1.807, 2.05) is 23.1 Å². The summed E-state index contributed by atoms with van der Waals surface area (Å²) in [6.45, 7) is 3.50. The van der Waals surface area contributed by atoms with Gasteiger partial charge in [-0.1, -0.05) is 53.8 Å². The van der Waals surface area contributed by atoms with E-state index in [2.05, 4.69) is 60.5 Å².